The van der Waals surface area contributed by atoms with E-state index in [0.717, 1.165) is 0 Å². The lowest BCUT2D eigenvalue weighted by Crippen LogP contribution is -2.51. The highest BCUT2D eigenvalue weighted by atomic mass is 16.4. The van der Waals surface area contributed by atoms with Crippen LogP contribution in [0.4, 0.5) is 4.79 Å². The van der Waals surface area contributed by atoms with Crippen LogP contribution in [0.15, 0.2) is 0 Å². The zero-order chi connectivity index (χ0) is 16.0. The molecule has 0 aromatic rings. The van der Waals surface area contributed by atoms with Crippen LogP contribution >= 0.6 is 0 Å². The number of nitrogens with two attached hydrogens (primary N) is 2. The number of nitrogens with one attached hydrogen (secondary N) is 1. The molecular weight excluding hydrogens is 280 g/mol. The summed E-state index contributed by atoms with van der Waals surface area (Å²) in [4.78, 5) is 46.1. The Morgan fingerprint density at radius 3 is 2.19 bits per heavy atom. The molecule has 9 nitrogen and oxygen atoms in total. The largest absolute Gasteiger partial charge is 0.480 e. The molecule has 1 aliphatic rings. The van der Waals surface area contributed by atoms with Crippen molar-refractivity contribution in [3.05, 3.63) is 0 Å². The molecule has 6 N–H and O–H groups in total. The fourth-order valence-corrected chi connectivity index (χ4v) is 2.15. The van der Waals surface area contributed by atoms with Crippen molar-refractivity contribution in [2.45, 2.75) is 31.7 Å². The van der Waals surface area contributed by atoms with Crippen LogP contribution in [0.5, 0.6) is 0 Å². The zero-order valence-electron chi connectivity index (χ0n) is 11.6. The Hall–Kier alpha value is -2.32. The smallest absolute Gasteiger partial charge is 0.326 e. The Kier molecular flexibility index (Phi) is 5.94. The summed E-state index contributed by atoms with van der Waals surface area (Å²) < 4.78 is 0. The molecule has 0 aromatic carbocycles. The van der Waals surface area contributed by atoms with Gasteiger partial charge < -0.3 is 26.8 Å². The minimum Gasteiger partial charge on any atom is -0.480 e. The van der Waals surface area contributed by atoms with Crippen molar-refractivity contribution in [2.75, 3.05) is 13.1 Å². The summed E-state index contributed by atoms with van der Waals surface area (Å²) in [5, 5.41) is 11.4. The number of primary amides is 2. The van der Waals surface area contributed by atoms with Crippen LogP contribution < -0.4 is 16.8 Å². The van der Waals surface area contributed by atoms with Crippen LogP contribution in [0.3, 0.4) is 0 Å². The van der Waals surface area contributed by atoms with E-state index < -0.39 is 23.9 Å². The van der Waals surface area contributed by atoms with Crippen molar-refractivity contribution in [2.24, 2.45) is 17.4 Å². The molecule has 1 atom stereocenters. The number of carboxylic acid groups (broad SMARTS) is 1. The van der Waals surface area contributed by atoms with Crippen LogP contribution in [0.25, 0.3) is 0 Å². The number of carbonyl (C=O) groups is 4. The minimum atomic E-state index is -1.23. The second-order valence-corrected chi connectivity index (χ2v) is 5.01. The predicted octanol–water partition coefficient (Wildman–Crippen LogP) is -1.39. The molecule has 0 aliphatic carbocycles. The Bertz CT molecular complexity index is 431. The number of nitrogens with zero attached hydrogens (tertiary/aromatic N) is 1. The number of hydrogen-bond donors (Lipinski definition) is 4. The number of rotatable bonds is 6. The van der Waals surface area contributed by atoms with E-state index in [1.54, 1.807) is 0 Å². The summed E-state index contributed by atoms with van der Waals surface area (Å²) in [5.41, 5.74) is 10.2. The monoisotopic (exact) mass is 300 g/mol. The first-order chi connectivity index (χ1) is 9.81. The van der Waals surface area contributed by atoms with Crippen LogP contribution in [0, 0.1) is 5.92 Å². The molecule has 0 radical (unpaired) electrons. The van der Waals surface area contributed by atoms with Crippen molar-refractivity contribution in [1.82, 2.24) is 10.2 Å². The lowest BCUT2D eigenvalue weighted by Gasteiger charge is -2.31. The maximum absolute atomic E-state index is 12.0. The summed E-state index contributed by atoms with van der Waals surface area (Å²) in [6.07, 6.45) is 0.735. The van der Waals surface area contributed by atoms with E-state index >= 15 is 0 Å². The van der Waals surface area contributed by atoms with E-state index in [-0.39, 0.29) is 24.7 Å². The first-order valence-electron chi connectivity index (χ1n) is 6.67. The van der Waals surface area contributed by atoms with Gasteiger partial charge in [-0.25, -0.2) is 9.59 Å². The van der Waals surface area contributed by atoms with Gasteiger partial charge in [0.2, 0.25) is 11.8 Å². The molecule has 9 heteroatoms. The molecular formula is C12H20N4O5. The van der Waals surface area contributed by atoms with Crippen LogP contribution in [-0.2, 0) is 14.4 Å². The molecule has 4 amide bonds. The Morgan fingerprint density at radius 1 is 1.19 bits per heavy atom. The molecule has 1 fully saturated rings. The second kappa shape index (κ2) is 7.46. The number of hydrogen-bond acceptors (Lipinski definition) is 4. The normalized spacial score (nSPS) is 17.0. The average molecular weight is 300 g/mol. The minimum absolute atomic E-state index is 0.0614. The van der Waals surface area contributed by atoms with Gasteiger partial charge in [0.05, 0.1) is 0 Å². The first kappa shape index (κ1) is 16.7. The third-order valence-corrected chi connectivity index (χ3v) is 3.46. The Labute approximate surface area is 121 Å². The van der Waals surface area contributed by atoms with Crippen LogP contribution in [0.2, 0.25) is 0 Å². The van der Waals surface area contributed by atoms with Gasteiger partial charge in [0, 0.05) is 25.4 Å². The van der Waals surface area contributed by atoms with Crippen LogP contribution in [-0.4, -0.2) is 53.0 Å². The Morgan fingerprint density at radius 2 is 1.76 bits per heavy atom. The molecule has 0 bridgehead atoms. The molecule has 0 saturated carbocycles. The standard InChI is InChI=1S/C12H20N4O5/c13-9(17)2-1-8(11(19)20)15-12(21)16-5-3-7(4-6-16)10(14)18/h7-8H,1-6H2,(H2,13,17)(H2,14,18)(H,15,21)(H,19,20)/t8-/m1/s1. The zero-order valence-corrected chi connectivity index (χ0v) is 11.6. The van der Waals surface area contributed by atoms with Gasteiger partial charge in [0.15, 0.2) is 0 Å². The van der Waals surface area contributed by atoms with E-state index in [1.165, 1.54) is 4.90 Å². The van der Waals surface area contributed by atoms with E-state index in [0.29, 0.717) is 25.9 Å². The van der Waals surface area contributed by atoms with Gasteiger partial charge in [-0.3, -0.25) is 9.59 Å². The summed E-state index contributed by atoms with van der Waals surface area (Å²) in [7, 11) is 0. The van der Waals surface area contributed by atoms with Crippen molar-refractivity contribution < 1.29 is 24.3 Å². The number of carboxylic acids is 1. The molecule has 0 aromatic heterocycles. The highest BCUT2D eigenvalue weighted by molar-refractivity contribution is 5.83. The predicted molar refractivity (Wildman–Crippen MR) is 71.9 cm³/mol. The van der Waals surface area contributed by atoms with E-state index in [1.807, 2.05) is 0 Å². The lowest BCUT2D eigenvalue weighted by atomic mass is 9.96. The first-order valence-corrected chi connectivity index (χ1v) is 6.67. The maximum atomic E-state index is 12.0. The van der Waals surface area contributed by atoms with Crippen molar-refractivity contribution in [3.8, 4) is 0 Å². The van der Waals surface area contributed by atoms with E-state index in [2.05, 4.69) is 5.32 Å². The molecule has 1 saturated heterocycles. The quantitative estimate of drug-likeness (QED) is 0.475. The van der Waals surface area contributed by atoms with E-state index in [4.69, 9.17) is 16.6 Å². The molecule has 1 rings (SSSR count). The second-order valence-electron chi connectivity index (χ2n) is 5.01. The third-order valence-electron chi connectivity index (χ3n) is 3.46. The number of carbonyl (C=O) groups excluding carboxylic acids is 3. The van der Waals surface area contributed by atoms with Gasteiger partial charge in [-0.05, 0) is 19.3 Å². The molecule has 118 valence electrons. The van der Waals surface area contributed by atoms with Gasteiger partial charge in [-0.2, -0.15) is 0 Å². The highest BCUT2D eigenvalue weighted by Crippen LogP contribution is 2.16. The van der Waals surface area contributed by atoms with Gasteiger partial charge >= 0.3 is 12.0 Å². The summed E-state index contributed by atoms with van der Waals surface area (Å²) in [5.74, 6) is -2.49. The van der Waals surface area contributed by atoms with Crippen molar-refractivity contribution in [1.29, 1.82) is 0 Å². The van der Waals surface area contributed by atoms with Gasteiger partial charge in [-0.15, -0.1) is 0 Å². The lowest BCUT2D eigenvalue weighted by molar-refractivity contribution is -0.139. The topological polar surface area (TPSA) is 156 Å². The maximum Gasteiger partial charge on any atom is 0.326 e. The molecule has 0 spiro atoms. The molecule has 1 aliphatic heterocycles. The summed E-state index contributed by atoms with van der Waals surface area (Å²) in [6.45, 7) is 0.670. The molecule has 0 unspecified atom stereocenters. The van der Waals surface area contributed by atoms with Crippen molar-refractivity contribution >= 4 is 23.8 Å². The van der Waals surface area contributed by atoms with Gasteiger partial charge in [0.25, 0.3) is 0 Å². The fourth-order valence-electron chi connectivity index (χ4n) is 2.15. The third kappa shape index (κ3) is 5.28. The fraction of sp³-hybridized carbons (Fsp3) is 0.667. The van der Waals surface area contributed by atoms with Gasteiger partial charge in [0.1, 0.15) is 6.04 Å². The Balaban J connectivity index is 2.49. The van der Waals surface area contributed by atoms with E-state index in [9.17, 15) is 19.2 Å². The average Bonchev–Trinajstić information content (AvgIpc) is 2.42. The number of amides is 4. The number of piperidine rings is 1. The number of aliphatic carboxylic acids is 1. The number of urea groups is 1. The SMILES string of the molecule is NC(=O)CC[C@@H](NC(=O)N1CCC(C(N)=O)CC1)C(=O)O. The molecule has 1 heterocycles. The van der Waals surface area contributed by atoms with Crippen molar-refractivity contribution in [3.63, 3.8) is 0 Å². The highest BCUT2D eigenvalue weighted by Gasteiger charge is 2.28. The van der Waals surface area contributed by atoms with Gasteiger partial charge in [-0.1, -0.05) is 0 Å². The van der Waals surface area contributed by atoms with Crippen LogP contribution in [0.1, 0.15) is 25.7 Å². The number of likely N-dealkylation sites (tertiary alicyclic amines) is 1. The molecule has 21 heavy (non-hydrogen) atoms. The summed E-state index contributed by atoms with van der Waals surface area (Å²) >= 11 is 0. The summed E-state index contributed by atoms with van der Waals surface area (Å²) in [6, 6.07) is -1.70.